The van der Waals surface area contributed by atoms with Crippen molar-refractivity contribution >= 4 is 11.6 Å². The van der Waals surface area contributed by atoms with Crippen molar-refractivity contribution in [3.8, 4) is 5.88 Å². The van der Waals surface area contributed by atoms with Crippen LogP contribution in [0.1, 0.15) is 28.5 Å². The molecule has 1 aromatic heterocycles. The lowest BCUT2D eigenvalue weighted by Crippen LogP contribution is -2.34. The Morgan fingerprint density at radius 1 is 1.21 bits per heavy atom. The van der Waals surface area contributed by atoms with Crippen molar-refractivity contribution in [2.24, 2.45) is 0 Å². The molecule has 2 heterocycles. The minimum Gasteiger partial charge on any atom is -0.481 e. The average Bonchev–Trinajstić information content (AvgIpc) is 2.64. The molecule has 1 unspecified atom stereocenters. The van der Waals surface area contributed by atoms with Crippen LogP contribution in [0.3, 0.4) is 0 Å². The van der Waals surface area contributed by atoms with E-state index in [-0.39, 0.29) is 24.2 Å². The van der Waals surface area contributed by atoms with E-state index < -0.39 is 0 Å². The van der Waals surface area contributed by atoms with Crippen molar-refractivity contribution in [3.05, 3.63) is 72.1 Å². The number of hydrogen-bond donors (Lipinski definition) is 0. The zero-order valence-corrected chi connectivity index (χ0v) is 13.4. The maximum Gasteiger partial charge on any atom is 0.213 e. The van der Waals surface area contributed by atoms with E-state index in [0.29, 0.717) is 23.6 Å². The van der Waals surface area contributed by atoms with Crippen LogP contribution in [0.25, 0.3) is 0 Å². The zero-order valence-electron chi connectivity index (χ0n) is 13.4. The van der Waals surface area contributed by atoms with Gasteiger partial charge in [-0.15, -0.1) is 0 Å². The second kappa shape index (κ2) is 7.08. The molecule has 0 bridgehead atoms. The lowest BCUT2D eigenvalue weighted by molar-refractivity contribution is -0.116. The molecule has 0 spiro atoms. The number of rotatable bonds is 5. The standard InChI is InChI=1S/C19H18N2O3/c1-24-19-9-5-8-16(20-19)17-12-15(22)10-11-21(17)13-18(23)14-6-3-2-4-7-14/h2-11,17H,12-13H2,1H3. The molecule has 2 aromatic rings. The van der Waals surface area contributed by atoms with Crippen LogP contribution in [0, 0.1) is 0 Å². The summed E-state index contributed by atoms with van der Waals surface area (Å²) in [6.07, 6.45) is 3.48. The van der Waals surface area contributed by atoms with E-state index >= 15 is 0 Å². The van der Waals surface area contributed by atoms with Gasteiger partial charge in [0.1, 0.15) is 0 Å². The number of pyridine rings is 1. The summed E-state index contributed by atoms with van der Waals surface area (Å²) in [5, 5.41) is 0. The number of ketones is 2. The van der Waals surface area contributed by atoms with Crippen LogP contribution in [-0.2, 0) is 4.79 Å². The van der Waals surface area contributed by atoms with E-state index in [1.54, 1.807) is 31.5 Å². The van der Waals surface area contributed by atoms with Crippen LogP contribution < -0.4 is 4.74 Å². The molecule has 1 aliphatic rings. The summed E-state index contributed by atoms with van der Waals surface area (Å²) in [7, 11) is 1.55. The summed E-state index contributed by atoms with van der Waals surface area (Å²) in [5.74, 6) is 0.513. The van der Waals surface area contributed by atoms with Crippen LogP contribution in [0.2, 0.25) is 0 Å². The number of aromatic nitrogens is 1. The highest BCUT2D eigenvalue weighted by atomic mass is 16.5. The fraction of sp³-hybridized carbons (Fsp3) is 0.211. The first-order chi connectivity index (χ1) is 11.7. The molecule has 0 amide bonds. The van der Waals surface area contributed by atoms with Crippen LogP contribution in [-0.4, -0.2) is 35.1 Å². The number of allylic oxidation sites excluding steroid dienone is 1. The van der Waals surface area contributed by atoms with Gasteiger partial charge in [-0.2, -0.15) is 0 Å². The van der Waals surface area contributed by atoms with Gasteiger partial charge >= 0.3 is 0 Å². The molecule has 3 rings (SSSR count). The first-order valence-corrected chi connectivity index (χ1v) is 7.73. The van der Waals surface area contributed by atoms with E-state index in [1.165, 1.54) is 6.08 Å². The summed E-state index contributed by atoms with van der Waals surface area (Å²) in [5.41, 5.74) is 1.37. The molecule has 1 aliphatic heterocycles. The molecule has 0 N–H and O–H groups in total. The molecule has 0 aliphatic carbocycles. The van der Waals surface area contributed by atoms with Crippen molar-refractivity contribution in [3.63, 3.8) is 0 Å². The Morgan fingerprint density at radius 3 is 2.75 bits per heavy atom. The molecule has 5 nitrogen and oxygen atoms in total. The average molecular weight is 322 g/mol. The van der Waals surface area contributed by atoms with Crippen molar-refractivity contribution < 1.29 is 14.3 Å². The Labute approximate surface area is 140 Å². The van der Waals surface area contributed by atoms with Crippen LogP contribution >= 0.6 is 0 Å². The minimum atomic E-state index is -0.273. The van der Waals surface area contributed by atoms with Gasteiger partial charge in [-0.1, -0.05) is 36.4 Å². The minimum absolute atomic E-state index is 0.00231. The number of carbonyl (C=O) groups excluding carboxylic acids is 2. The van der Waals surface area contributed by atoms with Gasteiger partial charge in [0.15, 0.2) is 11.6 Å². The lowest BCUT2D eigenvalue weighted by atomic mass is 10.0. The van der Waals surface area contributed by atoms with Gasteiger partial charge in [-0.05, 0) is 12.1 Å². The number of benzene rings is 1. The SMILES string of the molecule is COc1cccc(C2CC(=O)C=CN2CC(=O)c2ccccc2)n1. The number of ether oxygens (including phenoxy) is 1. The third-order valence-corrected chi connectivity index (χ3v) is 3.96. The second-order valence-electron chi connectivity index (χ2n) is 5.57. The first-order valence-electron chi connectivity index (χ1n) is 7.73. The molecule has 122 valence electrons. The molecule has 5 heteroatoms. The molecular weight excluding hydrogens is 304 g/mol. The van der Waals surface area contributed by atoms with Crippen molar-refractivity contribution in [2.45, 2.75) is 12.5 Å². The van der Waals surface area contributed by atoms with Crippen molar-refractivity contribution in [1.82, 2.24) is 9.88 Å². The first kappa shape index (κ1) is 15.9. The molecule has 1 atom stereocenters. The lowest BCUT2D eigenvalue weighted by Gasteiger charge is -2.31. The Hall–Kier alpha value is -2.95. The fourth-order valence-electron chi connectivity index (χ4n) is 2.71. The van der Waals surface area contributed by atoms with Crippen LogP contribution in [0.15, 0.2) is 60.8 Å². The van der Waals surface area contributed by atoms with E-state index in [1.807, 2.05) is 35.2 Å². The summed E-state index contributed by atoms with van der Waals surface area (Å²) >= 11 is 0. The summed E-state index contributed by atoms with van der Waals surface area (Å²) in [4.78, 5) is 30.6. The Bertz CT molecular complexity index is 771. The van der Waals surface area contributed by atoms with Crippen molar-refractivity contribution in [1.29, 1.82) is 0 Å². The number of carbonyl (C=O) groups is 2. The van der Waals surface area contributed by atoms with Gasteiger partial charge in [0.05, 0.1) is 25.4 Å². The summed E-state index contributed by atoms with van der Waals surface area (Å²) in [6, 6.07) is 14.3. The molecule has 1 aromatic carbocycles. The molecule has 0 saturated carbocycles. The Kier molecular flexibility index (Phi) is 4.70. The highest BCUT2D eigenvalue weighted by Crippen LogP contribution is 2.28. The van der Waals surface area contributed by atoms with E-state index in [9.17, 15) is 9.59 Å². The molecular formula is C19H18N2O3. The normalized spacial score (nSPS) is 17.0. The predicted octanol–water partition coefficient (Wildman–Crippen LogP) is 2.80. The number of Topliss-reactive ketones (excluding diaryl/α,β-unsaturated/α-hetero) is 1. The Balaban J connectivity index is 1.85. The van der Waals surface area contributed by atoms with Gasteiger partial charge in [0.25, 0.3) is 0 Å². The molecule has 0 radical (unpaired) electrons. The van der Waals surface area contributed by atoms with Crippen LogP contribution in [0.4, 0.5) is 0 Å². The van der Waals surface area contributed by atoms with E-state index in [4.69, 9.17) is 4.74 Å². The number of nitrogens with zero attached hydrogens (tertiary/aromatic N) is 2. The number of hydrogen-bond acceptors (Lipinski definition) is 5. The fourth-order valence-corrected chi connectivity index (χ4v) is 2.71. The van der Waals surface area contributed by atoms with Gasteiger partial charge in [0.2, 0.25) is 5.88 Å². The maximum absolute atomic E-state index is 12.5. The summed E-state index contributed by atoms with van der Waals surface area (Å²) < 4.78 is 5.16. The highest BCUT2D eigenvalue weighted by molar-refractivity contribution is 5.98. The van der Waals surface area contributed by atoms with Gasteiger partial charge in [-0.25, -0.2) is 4.98 Å². The molecule has 0 fully saturated rings. The monoisotopic (exact) mass is 322 g/mol. The third-order valence-electron chi connectivity index (χ3n) is 3.96. The largest absolute Gasteiger partial charge is 0.481 e. The molecule has 24 heavy (non-hydrogen) atoms. The quantitative estimate of drug-likeness (QED) is 0.792. The molecule has 0 saturated heterocycles. The van der Waals surface area contributed by atoms with E-state index in [2.05, 4.69) is 4.98 Å². The van der Waals surface area contributed by atoms with E-state index in [0.717, 1.165) is 0 Å². The zero-order chi connectivity index (χ0) is 16.9. The Morgan fingerprint density at radius 2 is 2.00 bits per heavy atom. The van der Waals surface area contributed by atoms with Crippen molar-refractivity contribution in [2.75, 3.05) is 13.7 Å². The maximum atomic E-state index is 12.5. The summed E-state index contributed by atoms with van der Waals surface area (Å²) in [6.45, 7) is 0.192. The number of methoxy groups -OCH3 is 1. The van der Waals surface area contributed by atoms with Gasteiger partial charge in [-0.3, -0.25) is 9.59 Å². The second-order valence-corrected chi connectivity index (χ2v) is 5.57. The van der Waals surface area contributed by atoms with Gasteiger partial charge in [0, 0.05) is 24.3 Å². The third kappa shape index (κ3) is 3.51. The highest BCUT2D eigenvalue weighted by Gasteiger charge is 2.27. The van der Waals surface area contributed by atoms with Gasteiger partial charge < -0.3 is 9.64 Å². The smallest absolute Gasteiger partial charge is 0.213 e. The predicted molar refractivity (Wildman–Crippen MR) is 89.8 cm³/mol. The van der Waals surface area contributed by atoms with Crippen LogP contribution in [0.5, 0.6) is 5.88 Å². The topological polar surface area (TPSA) is 59.5 Å².